The van der Waals surface area contributed by atoms with Gasteiger partial charge in [-0.15, -0.1) is 0 Å². The van der Waals surface area contributed by atoms with Crippen LogP contribution in [0, 0.1) is 113 Å². The molecular weight excluding hydrogens is 628 g/mol. The SMILES string of the molecule is CC.CC.CC.Cc1c(F)c(F)c(CC#N)c(-c2c(C)c(F)c(F)c(CC#N)c2F)c1F.Cc1c(F)c(F)c(CC#N)c(F)c1F. The van der Waals surface area contributed by atoms with E-state index in [9.17, 15) is 43.9 Å². The van der Waals surface area contributed by atoms with Gasteiger partial charge in [0, 0.05) is 38.9 Å². The number of rotatable bonds is 4. The number of hydrogen-bond acceptors (Lipinski definition) is 3. The largest absolute Gasteiger partial charge is 0.206 e. The van der Waals surface area contributed by atoms with E-state index in [-0.39, 0.29) is 0 Å². The molecule has 0 heterocycles. The summed E-state index contributed by atoms with van der Waals surface area (Å²) in [6, 6.07) is 4.37. The third-order valence-electron chi connectivity index (χ3n) is 5.88. The standard InChI is InChI=1S/C18H10F6N2.C9H5F4N.3C2H6/c1-7-11(16(22)10(4-6-26)18(24)14(7)20)12-9(3-5-25)17(23)15(21)8(2)13(12)19;1-4-6(10)8(12)5(2-3-14)9(13)7(4)11;3*1-2/h3-4H2,1-2H3;2H2,1H3;3*1-2H3. The van der Waals surface area contributed by atoms with Crippen LogP contribution in [0.4, 0.5) is 43.9 Å². The Labute approximate surface area is 262 Å². The molecule has 46 heavy (non-hydrogen) atoms. The van der Waals surface area contributed by atoms with E-state index in [4.69, 9.17) is 15.8 Å². The molecule has 3 rings (SSSR count). The maximum atomic E-state index is 14.8. The Morgan fingerprint density at radius 2 is 0.609 bits per heavy atom. The van der Waals surface area contributed by atoms with Crippen molar-refractivity contribution in [3.63, 3.8) is 0 Å². The van der Waals surface area contributed by atoms with Gasteiger partial charge >= 0.3 is 0 Å². The highest BCUT2D eigenvalue weighted by Crippen LogP contribution is 2.39. The molecule has 0 unspecified atom stereocenters. The van der Waals surface area contributed by atoms with Gasteiger partial charge in [-0.3, -0.25) is 0 Å². The summed E-state index contributed by atoms with van der Waals surface area (Å²) >= 11 is 0. The van der Waals surface area contributed by atoms with Crippen LogP contribution in [-0.2, 0) is 19.3 Å². The molecule has 0 N–H and O–H groups in total. The average molecular weight is 662 g/mol. The summed E-state index contributed by atoms with van der Waals surface area (Å²) in [5, 5.41) is 25.7. The third-order valence-corrected chi connectivity index (χ3v) is 5.88. The quantitative estimate of drug-likeness (QED) is 0.206. The van der Waals surface area contributed by atoms with Crippen LogP contribution in [0.25, 0.3) is 11.1 Å². The van der Waals surface area contributed by atoms with Crippen molar-refractivity contribution < 1.29 is 43.9 Å². The Bertz CT molecular complexity index is 1620. The van der Waals surface area contributed by atoms with Gasteiger partial charge in [-0.05, 0) is 26.3 Å². The Hall–Kier alpha value is -4.57. The van der Waals surface area contributed by atoms with E-state index in [2.05, 4.69) is 0 Å². The van der Waals surface area contributed by atoms with Gasteiger partial charge < -0.3 is 0 Å². The van der Waals surface area contributed by atoms with Gasteiger partial charge in [-0.1, -0.05) is 41.5 Å². The molecule has 0 aliphatic rings. The predicted molar refractivity (Wildman–Crippen MR) is 154 cm³/mol. The van der Waals surface area contributed by atoms with Crippen molar-refractivity contribution in [2.45, 2.75) is 81.6 Å². The molecule has 0 saturated heterocycles. The molecule has 0 radical (unpaired) electrons. The maximum Gasteiger partial charge on any atom is 0.166 e. The van der Waals surface area contributed by atoms with Crippen LogP contribution in [0.5, 0.6) is 0 Å². The first-order chi connectivity index (χ1) is 21.7. The van der Waals surface area contributed by atoms with Crippen LogP contribution in [0.3, 0.4) is 0 Å². The fraction of sp³-hybridized carbons (Fsp3) is 0.364. The summed E-state index contributed by atoms with van der Waals surface area (Å²) < 4.78 is 137. The summed E-state index contributed by atoms with van der Waals surface area (Å²) in [6.45, 7) is 14.7. The summed E-state index contributed by atoms with van der Waals surface area (Å²) in [4.78, 5) is 0. The highest BCUT2D eigenvalue weighted by molar-refractivity contribution is 5.74. The van der Waals surface area contributed by atoms with Gasteiger partial charge in [0.2, 0.25) is 0 Å². The maximum absolute atomic E-state index is 14.8. The molecule has 3 aromatic rings. The molecule has 0 amide bonds. The Morgan fingerprint density at radius 1 is 0.348 bits per heavy atom. The van der Waals surface area contributed by atoms with Crippen molar-refractivity contribution >= 4 is 0 Å². The highest BCUT2D eigenvalue weighted by atomic mass is 19.2. The second-order valence-electron chi connectivity index (χ2n) is 8.21. The number of nitriles is 3. The van der Waals surface area contributed by atoms with Crippen LogP contribution in [-0.4, -0.2) is 0 Å². The van der Waals surface area contributed by atoms with Gasteiger partial charge in [-0.2, -0.15) is 15.8 Å². The molecule has 0 fully saturated rings. The summed E-state index contributed by atoms with van der Waals surface area (Å²) in [7, 11) is 0. The van der Waals surface area contributed by atoms with Crippen molar-refractivity contribution in [2.75, 3.05) is 0 Å². The fourth-order valence-electron chi connectivity index (χ4n) is 3.70. The lowest BCUT2D eigenvalue weighted by Crippen LogP contribution is -2.10. The molecule has 0 saturated carbocycles. The van der Waals surface area contributed by atoms with Gasteiger partial charge in [-0.25, -0.2) is 43.9 Å². The fourth-order valence-corrected chi connectivity index (χ4v) is 3.70. The predicted octanol–water partition coefficient (Wildman–Crippen LogP) is 10.6. The zero-order chi connectivity index (χ0) is 36.6. The molecule has 0 spiro atoms. The molecule has 3 nitrogen and oxygen atoms in total. The Balaban J connectivity index is 0. The van der Waals surface area contributed by atoms with Gasteiger partial charge in [0.25, 0.3) is 0 Å². The lowest BCUT2D eigenvalue weighted by Gasteiger charge is -2.18. The third kappa shape index (κ3) is 9.00. The number of nitrogens with zero attached hydrogens (tertiary/aromatic N) is 3. The monoisotopic (exact) mass is 661 g/mol. The van der Waals surface area contributed by atoms with Gasteiger partial charge in [0.15, 0.2) is 46.5 Å². The first-order valence-corrected chi connectivity index (χ1v) is 13.9. The second kappa shape index (κ2) is 20.5. The van der Waals surface area contributed by atoms with Crippen molar-refractivity contribution in [3.8, 4) is 29.3 Å². The number of benzene rings is 3. The molecule has 3 aromatic carbocycles. The summed E-state index contributed by atoms with van der Waals surface area (Å²) in [5.41, 5.74) is -6.57. The van der Waals surface area contributed by atoms with E-state index in [1.54, 1.807) is 0 Å². The molecular formula is C33H33F10N3. The van der Waals surface area contributed by atoms with E-state index in [0.29, 0.717) is 0 Å². The smallest absolute Gasteiger partial charge is 0.166 e. The zero-order valence-electron chi connectivity index (χ0n) is 26.7. The molecule has 13 heteroatoms. The topological polar surface area (TPSA) is 71.4 Å². The zero-order valence-corrected chi connectivity index (χ0v) is 26.7. The Morgan fingerprint density at radius 3 is 0.957 bits per heavy atom. The normalized spacial score (nSPS) is 9.39. The van der Waals surface area contributed by atoms with E-state index in [1.165, 1.54) is 18.2 Å². The van der Waals surface area contributed by atoms with Crippen molar-refractivity contribution in [3.05, 3.63) is 91.6 Å². The molecule has 0 aliphatic heterocycles. The van der Waals surface area contributed by atoms with Crippen LogP contribution < -0.4 is 0 Å². The summed E-state index contributed by atoms with van der Waals surface area (Å²) in [5.74, 6) is -15.1. The Kier molecular flexibility index (Phi) is 19.4. The average Bonchev–Trinajstić information content (AvgIpc) is 3.08. The minimum absolute atomic E-state index is 0.690. The van der Waals surface area contributed by atoms with E-state index >= 15 is 0 Å². The van der Waals surface area contributed by atoms with Crippen LogP contribution in [0.2, 0.25) is 0 Å². The van der Waals surface area contributed by atoms with Crippen LogP contribution in [0.15, 0.2) is 0 Å². The lowest BCUT2D eigenvalue weighted by molar-refractivity contribution is 0.434. The molecule has 250 valence electrons. The van der Waals surface area contributed by atoms with Crippen LogP contribution >= 0.6 is 0 Å². The van der Waals surface area contributed by atoms with Gasteiger partial charge in [0.1, 0.15) is 11.6 Å². The first kappa shape index (κ1) is 43.6. The molecule has 0 aromatic heterocycles. The molecule has 0 aliphatic carbocycles. The molecule has 0 atom stereocenters. The van der Waals surface area contributed by atoms with Gasteiger partial charge in [0.05, 0.1) is 37.5 Å². The first-order valence-electron chi connectivity index (χ1n) is 13.9. The van der Waals surface area contributed by atoms with Crippen LogP contribution in [0.1, 0.15) is 74.9 Å². The summed E-state index contributed by atoms with van der Waals surface area (Å²) in [6.07, 6.45) is -2.40. The van der Waals surface area contributed by atoms with E-state index in [1.807, 2.05) is 41.5 Å². The van der Waals surface area contributed by atoms with Crippen molar-refractivity contribution in [1.29, 1.82) is 15.8 Å². The molecule has 0 bridgehead atoms. The van der Waals surface area contributed by atoms with E-state index < -0.39 is 122 Å². The number of hydrogen-bond donors (Lipinski definition) is 0. The number of halogens is 10. The van der Waals surface area contributed by atoms with Crippen molar-refractivity contribution in [1.82, 2.24) is 0 Å². The highest BCUT2D eigenvalue weighted by Gasteiger charge is 2.30. The lowest BCUT2D eigenvalue weighted by atomic mass is 9.89. The minimum Gasteiger partial charge on any atom is -0.206 e. The van der Waals surface area contributed by atoms with Crippen molar-refractivity contribution in [2.24, 2.45) is 0 Å². The van der Waals surface area contributed by atoms with E-state index in [0.717, 1.165) is 20.8 Å². The minimum atomic E-state index is -1.62. The second-order valence-corrected chi connectivity index (χ2v) is 8.21.